The Morgan fingerprint density at radius 1 is 1.40 bits per heavy atom. The van der Waals surface area contributed by atoms with E-state index >= 15 is 0 Å². The Hall–Kier alpha value is -2.28. The molecule has 0 aliphatic rings. The van der Waals surface area contributed by atoms with E-state index in [9.17, 15) is 9.18 Å². The number of rotatable bonds is 6. The summed E-state index contributed by atoms with van der Waals surface area (Å²) in [5, 5.41) is 4.34. The minimum Gasteiger partial charge on any atom is -0.338 e. The lowest BCUT2D eigenvalue weighted by Crippen LogP contribution is -2.40. The van der Waals surface area contributed by atoms with Gasteiger partial charge >= 0.3 is 0 Å². The molecule has 0 fully saturated rings. The van der Waals surface area contributed by atoms with Gasteiger partial charge in [-0.15, -0.1) is 5.10 Å². The fourth-order valence-corrected chi connectivity index (χ4v) is 2.54. The van der Waals surface area contributed by atoms with Gasteiger partial charge in [-0.05, 0) is 30.2 Å². The van der Waals surface area contributed by atoms with Crippen LogP contribution in [0.2, 0.25) is 0 Å². The lowest BCUT2D eigenvalue weighted by atomic mass is 9.93. The van der Waals surface area contributed by atoms with Gasteiger partial charge in [0.25, 0.3) is 5.91 Å². The predicted octanol–water partition coefficient (Wildman–Crippen LogP) is 2.59. The molecule has 2 rings (SSSR count). The number of benzene rings is 1. The van der Waals surface area contributed by atoms with Gasteiger partial charge in [0, 0.05) is 19.5 Å². The average Bonchev–Trinajstić information content (AvgIpc) is 2.99. The van der Waals surface area contributed by atoms with Gasteiger partial charge in [-0.25, -0.2) is 14.1 Å². The molecule has 0 aliphatic heterocycles. The molecule has 7 heteroatoms. The minimum atomic E-state index is -0.364. The molecular formula is C18H26FN5O. The van der Waals surface area contributed by atoms with Crippen molar-refractivity contribution in [3.05, 3.63) is 41.7 Å². The summed E-state index contributed by atoms with van der Waals surface area (Å²) in [4.78, 5) is 18.7. The van der Waals surface area contributed by atoms with Gasteiger partial charge < -0.3 is 10.6 Å². The molecule has 1 amide bonds. The molecular weight excluding hydrogens is 321 g/mol. The molecule has 1 aromatic carbocycles. The monoisotopic (exact) mass is 347 g/mol. The zero-order valence-corrected chi connectivity index (χ0v) is 15.5. The van der Waals surface area contributed by atoms with E-state index in [1.165, 1.54) is 16.8 Å². The summed E-state index contributed by atoms with van der Waals surface area (Å²) in [5.41, 5.74) is 6.09. The number of nitrogens with two attached hydrogens (primary N) is 1. The van der Waals surface area contributed by atoms with E-state index in [1.807, 2.05) is 27.7 Å². The molecule has 0 unspecified atom stereocenters. The number of hydrogen-bond acceptors (Lipinski definition) is 4. The highest BCUT2D eigenvalue weighted by molar-refractivity contribution is 5.90. The molecule has 0 aliphatic carbocycles. The van der Waals surface area contributed by atoms with Crippen LogP contribution in [-0.2, 0) is 0 Å². The fraction of sp³-hybridized carbons (Fsp3) is 0.500. The summed E-state index contributed by atoms with van der Waals surface area (Å²) in [7, 11) is 1.71. The number of carbonyl (C=O) groups excluding carboxylic acids is 1. The second-order valence-corrected chi connectivity index (χ2v) is 7.37. The molecule has 6 nitrogen and oxygen atoms in total. The van der Waals surface area contributed by atoms with E-state index in [0.29, 0.717) is 24.6 Å². The zero-order chi connectivity index (χ0) is 18.8. The highest BCUT2D eigenvalue weighted by atomic mass is 19.1. The quantitative estimate of drug-likeness (QED) is 0.871. The normalized spacial score (nSPS) is 11.8. The van der Waals surface area contributed by atoms with E-state index in [1.54, 1.807) is 24.1 Å². The number of hydrogen-bond donors (Lipinski definition) is 1. The van der Waals surface area contributed by atoms with Crippen molar-refractivity contribution in [2.45, 2.75) is 33.6 Å². The van der Waals surface area contributed by atoms with E-state index in [2.05, 4.69) is 10.1 Å². The van der Waals surface area contributed by atoms with Crippen LogP contribution in [0.15, 0.2) is 24.3 Å². The van der Waals surface area contributed by atoms with Gasteiger partial charge in [0.2, 0.25) is 5.82 Å². The summed E-state index contributed by atoms with van der Waals surface area (Å²) in [6.45, 7) is 8.86. The van der Waals surface area contributed by atoms with Crippen molar-refractivity contribution in [1.82, 2.24) is 19.7 Å². The lowest BCUT2D eigenvalue weighted by Gasteiger charge is -2.28. The Kier molecular flexibility index (Phi) is 5.57. The predicted molar refractivity (Wildman–Crippen MR) is 95.2 cm³/mol. The van der Waals surface area contributed by atoms with Crippen molar-refractivity contribution in [3.63, 3.8) is 0 Å². The third-order valence-corrected chi connectivity index (χ3v) is 3.96. The fourth-order valence-electron chi connectivity index (χ4n) is 2.54. The van der Waals surface area contributed by atoms with Crippen LogP contribution < -0.4 is 5.73 Å². The third kappa shape index (κ3) is 4.42. The van der Waals surface area contributed by atoms with Crippen molar-refractivity contribution in [1.29, 1.82) is 0 Å². The van der Waals surface area contributed by atoms with Crippen LogP contribution >= 0.6 is 0 Å². The Balaban J connectivity index is 2.37. The molecule has 1 heterocycles. The van der Waals surface area contributed by atoms with E-state index in [0.717, 1.165) is 0 Å². The lowest BCUT2D eigenvalue weighted by molar-refractivity contribution is 0.0728. The van der Waals surface area contributed by atoms with Crippen molar-refractivity contribution < 1.29 is 9.18 Å². The smallest absolute Gasteiger partial charge is 0.293 e. The number of aromatic nitrogens is 3. The first-order valence-corrected chi connectivity index (χ1v) is 8.33. The van der Waals surface area contributed by atoms with Crippen molar-refractivity contribution in [2.75, 3.05) is 20.1 Å². The number of halogens is 1. The summed E-state index contributed by atoms with van der Waals surface area (Å²) in [6, 6.07) is 6.08. The molecule has 136 valence electrons. The van der Waals surface area contributed by atoms with E-state index in [4.69, 9.17) is 5.73 Å². The summed E-state index contributed by atoms with van der Waals surface area (Å²) in [6.07, 6.45) is 0. The Morgan fingerprint density at radius 3 is 2.64 bits per heavy atom. The van der Waals surface area contributed by atoms with Crippen LogP contribution in [0.25, 0.3) is 5.69 Å². The maximum absolute atomic E-state index is 13.6. The highest BCUT2D eigenvalue weighted by Gasteiger charge is 2.26. The standard InChI is InChI=1S/C18H26FN5O/c1-12(2)16-21-15(17(25)23(5)11-18(3,4)10-20)22-24(16)14-8-6-7-13(19)9-14/h6-9,12H,10-11,20H2,1-5H3. The second kappa shape index (κ2) is 7.31. The van der Waals surface area contributed by atoms with Gasteiger partial charge in [0.05, 0.1) is 5.69 Å². The Bertz CT molecular complexity index is 754. The van der Waals surface area contributed by atoms with Gasteiger partial charge in [-0.3, -0.25) is 4.79 Å². The molecule has 0 atom stereocenters. The molecule has 0 saturated heterocycles. The van der Waals surface area contributed by atoms with Crippen LogP contribution in [-0.4, -0.2) is 45.7 Å². The molecule has 0 radical (unpaired) electrons. The summed E-state index contributed by atoms with van der Waals surface area (Å²) >= 11 is 0. The van der Waals surface area contributed by atoms with Crippen LogP contribution in [0.3, 0.4) is 0 Å². The molecule has 0 saturated carbocycles. The minimum absolute atomic E-state index is 0.0307. The number of carbonyl (C=O) groups is 1. The first kappa shape index (κ1) is 19.1. The Morgan fingerprint density at radius 2 is 2.08 bits per heavy atom. The van der Waals surface area contributed by atoms with Crippen molar-refractivity contribution in [2.24, 2.45) is 11.1 Å². The van der Waals surface area contributed by atoms with Crippen LogP contribution in [0.4, 0.5) is 4.39 Å². The maximum Gasteiger partial charge on any atom is 0.293 e. The van der Waals surface area contributed by atoms with Crippen LogP contribution in [0.5, 0.6) is 0 Å². The first-order valence-electron chi connectivity index (χ1n) is 8.33. The van der Waals surface area contributed by atoms with E-state index < -0.39 is 0 Å². The second-order valence-electron chi connectivity index (χ2n) is 7.37. The van der Waals surface area contributed by atoms with Crippen LogP contribution in [0.1, 0.15) is 50.1 Å². The van der Waals surface area contributed by atoms with Crippen LogP contribution in [0, 0.1) is 11.2 Å². The molecule has 2 N–H and O–H groups in total. The zero-order valence-electron chi connectivity index (χ0n) is 15.5. The van der Waals surface area contributed by atoms with Gasteiger partial charge in [-0.1, -0.05) is 33.8 Å². The highest BCUT2D eigenvalue weighted by Crippen LogP contribution is 2.20. The maximum atomic E-state index is 13.6. The first-order chi connectivity index (χ1) is 11.6. The van der Waals surface area contributed by atoms with Crippen molar-refractivity contribution in [3.8, 4) is 5.69 Å². The molecule has 1 aromatic heterocycles. The molecule has 0 bridgehead atoms. The van der Waals surface area contributed by atoms with Gasteiger partial charge in [-0.2, -0.15) is 0 Å². The summed E-state index contributed by atoms with van der Waals surface area (Å²) in [5.74, 6) is 0.0998. The number of nitrogens with zero attached hydrogens (tertiary/aromatic N) is 4. The molecule has 2 aromatic rings. The largest absolute Gasteiger partial charge is 0.338 e. The van der Waals surface area contributed by atoms with Crippen molar-refractivity contribution >= 4 is 5.91 Å². The Labute approximate surface area is 147 Å². The van der Waals surface area contributed by atoms with Gasteiger partial charge in [0.15, 0.2) is 0 Å². The van der Waals surface area contributed by atoms with E-state index in [-0.39, 0.29) is 28.9 Å². The summed E-state index contributed by atoms with van der Waals surface area (Å²) < 4.78 is 15.1. The average molecular weight is 347 g/mol. The number of amides is 1. The van der Waals surface area contributed by atoms with Gasteiger partial charge in [0.1, 0.15) is 11.6 Å². The third-order valence-electron chi connectivity index (χ3n) is 3.96. The molecule has 25 heavy (non-hydrogen) atoms. The topological polar surface area (TPSA) is 77.0 Å². The SMILES string of the molecule is CC(C)c1nc(C(=O)N(C)CC(C)(C)CN)nn1-c1cccc(F)c1. The molecule has 0 spiro atoms.